The van der Waals surface area contributed by atoms with Crippen molar-refractivity contribution < 1.29 is 9.59 Å². The minimum Gasteiger partial charge on any atom is -0.379 e. The summed E-state index contributed by atoms with van der Waals surface area (Å²) in [6.07, 6.45) is 3.53. The molecule has 1 fully saturated rings. The lowest BCUT2D eigenvalue weighted by Crippen LogP contribution is -2.38. The minimum atomic E-state index is -0.276. The Balaban J connectivity index is 1.40. The van der Waals surface area contributed by atoms with Crippen molar-refractivity contribution in [2.45, 2.75) is 45.2 Å². The van der Waals surface area contributed by atoms with Gasteiger partial charge in [0, 0.05) is 37.3 Å². The Morgan fingerprint density at radius 2 is 1.71 bits per heavy atom. The Morgan fingerprint density at radius 3 is 2.39 bits per heavy atom. The van der Waals surface area contributed by atoms with E-state index in [9.17, 15) is 9.59 Å². The zero-order valence-electron chi connectivity index (χ0n) is 21.7. The van der Waals surface area contributed by atoms with E-state index >= 15 is 0 Å². The van der Waals surface area contributed by atoms with Crippen LogP contribution in [0, 0.1) is 0 Å². The van der Waals surface area contributed by atoms with Crippen LogP contribution in [0.25, 0.3) is 10.2 Å². The highest BCUT2D eigenvalue weighted by Gasteiger charge is 2.27. The second-order valence-electron chi connectivity index (χ2n) is 9.94. The van der Waals surface area contributed by atoms with Crippen molar-refractivity contribution in [2.75, 3.05) is 23.7 Å². The average molecular weight is 528 g/mol. The van der Waals surface area contributed by atoms with Crippen LogP contribution >= 0.6 is 11.3 Å². The number of nitrogens with zero attached hydrogens (tertiary/aromatic N) is 2. The van der Waals surface area contributed by atoms with E-state index in [1.54, 1.807) is 6.20 Å². The molecule has 3 amide bonds. The predicted molar refractivity (Wildman–Crippen MR) is 155 cm³/mol. The van der Waals surface area contributed by atoms with Gasteiger partial charge in [0.15, 0.2) is 0 Å². The van der Waals surface area contributed by atoms with Crippen molar-refractivity contribution in [3.05, 3.63) is 88.9 Å². The molecule has 0 spiro atoms. The Hall–Kier alpha value is -3.91. The first-order valence-corrected chi connectivity index (χ1v) is 14.0. The van der Waals surface area contributed by atoms with Gasteiger partial charge in [-0.05, 0) is 43.7 Å². The number of carbonyl (C=O) groups is 2. The third-order valence-electron chi connectivity index (χ3n) is 6.85. The van der Waals surface area contributed by atoms with Crippen LogP contribution < -0.4 is 16.0 Å². The Kier molecular flexibility index (Phi) is 7.89. The van der Waals surface area contributed by atoms with Gasteiger partial charge in [0.25, 0.3) is 5.91 Å². The lowest BCUT2D eigenvalue weighted by molar-refractivity contribution is 0.0713. The number of likely N-dealkylation sites (tertiary alicyclic amines) is 1. The van der Waals surface area contributed by atoms with E-state index in [4.69, 9.17) is 0 Å². The van der Waals surface area contributed by atoms with E-state index in [1.807, 2.05) is 48.4 Å². The first-order valence-electron chi connectivity index (χ1n) is 13.1. The number of hydrogen-bond donors (Lipinski definition) is 3. The highest BCUT2D eigenvalue weighted by Crippen LogP contribution is 2.37. The van der Waals surface area contributed by atoms with Gasteiger partial charge in [-0.15, -0.1) is 11.3 Å². The van der Waals surface area contributed by atoms with Crippen molar-refractivity contribution in [1.29, 1.82) is 0 Å². The topological polar surface area (TPSA) is 86.4 Å². The van der Waals surface area contributed by atoms with Gasteiger partial charge in [0.1, 0.15) is 5.52 Å². The maximum absolute atomic E-state index is 13.8. The molecule has 196 valence electrons. The average Bonchev–Trinajstić information content (AvgIpc) is 3.34. The summed E-state index contributed by atoms with van der Waals surface area (Å²) in [5.74, 6) is 0.460. The van der Waals surface area contributed by atoms with E-state index in [1.165, 1.54) is 16.9 Å². The van der Waals surface area contributed by atoms with E-state index in [0.717, 1.165) is 28.8 Å². The lowest BCUT2D eigenvalue weighted by atomic mass is 9.89. The molecule has 1 aliphatic heterocycles. The van der Waals surface area contributed by atoms with Crippen molar-refractivity contribution in [1.82, 2.24) is 15.2 Å². The number of rotatable bonds is 7. The second kappa shape index (κ2) is 11.6. The van der Waals surface area contributed by atoms with E-state index in [-0.39, 0.29) is 18.0 Å². The van der Waals surface area contributed by atoms with E-state index < -0.39 is 0 Å². The van der Waals surface area contributed by atoms with Crippen LogP contribution in [0.2, 0.25) is 0 Å². The molecule has 7 nitrogen and oxygen atoms in total. The van der Waals surface area contributed by atoms with Gasteiger partial charge in [-0.25, -0.2) is 4.79 Å². The summed E-state index contributed by atoms with van der Waals surface area (Å²) >= 11 is 1.47. The monoisotopic (exact) mass is 527 g/mol. The maximum atomic E-state index is 13.8. The van der Waals surface area contributed by atoms with Gasteiger partial charge in [-0.1, -0.05) is 60.7 Å². The standard InChI is InChI=1S/C30H33N5O2S/c1-20(2)33-30(37)34-25-19-38-28-26(31-17-21-9-5-3-6-10-21)24(18-32-27(25)28)29(36)35-15-13-23(14-16-35)22-11-7-4-8-12-22/h3-12,18-20,23H,13-17H2,1-2H3,(H,31,32)(H2,33,34,37). The van der Waals surface area contributed by atoms with Crippen molar-refractivity contribution >= 4 is 44.9 Å². The molecule has 0 radical (unpaired) electrons. The fourth-order valence-corrected chi connectivity index (χ4v) is 5.90. The first-order chi connectivity index (χ1) is 18.5. The SMILES string of the molecule is CC(C)NC(=O)Nc1csc2c(NCc3ccccc3)c(C(=O)N3CCC(c4ccccc4)CC3)cnc12. The Bertz CT molecular complexity index is 1400. The lowest BCUT2D eigenvalue weighted by Gasteiger charge is -2.32. The fraction of sp³-hybridized carbons (Fsp3) is 0.300. The molecule has 4 aromatic rings. The largest absolute Gasteiger partial charge is 0.379 e. The fourth-order valence-electron chi connectivity index (χ4n) is 4.92. The van der Waals surface area contributed by atoms with Crippen LogP contribution in [-0.4, -0.2) is 41.0 Å². The number of urea groups is 1. The number of aromatic nitrogens is 1. The number of anilines is 2. The van der Waals surface area contributed by atoms with Gasteiger partial charge < -0.3 is 20.9 Å². The molecule has 0 atom stereocenters. The Morgan fingerprint density at radius 1 is 1.03 bits per heavy atom. The molecule has 3 N–H and O–H groups in total. The molecule has 0 aliphatic carbocycles. The second-order valence-corrected chi connectivity index (χ2v) is 10.8. The molecule has 2 aromatic heterocycles. The molecular weight excluding hydrogens is 494 g/mol. The van der Waals surface area contributed by atoms with Crippen LogP contribution in [0.3, 0.4) is 0 Å². The molecule has 0 unspecified atom stereocenters. The van der Waals surface area contributed by atoms with Gasteiger partial charge in [0.2, 0.25) is 0 Å². The molecule has 1 aliphatic rings. The van der Waals surface area contributed by atoms with Gasteiger partial charge in [-0.3, -0.25) is 9.78 Å². The van der Waals surface area contributed by atoms with E-state index in [2.05, 4.69) is 57.3 Å². The van der Waals surface area contributed by atoms with E-state index in [0.29, 0.717) is 42.3 Å². The predicted octanol–water partition coefficient (Wildman–Crippen LogP) is 6.46. The number of nitrogens with one attached hydrogen (secondary N) is 3. The number of benzene rings is 2. The number of hydrogen-bond acceptors (Lipinski definition) is 5. The molecule has 8 heteroatoms. The summed E-state index contributed by atoms with van der Waals surface area (Å²) in [6.45, 7) is 5.82. The zero-order chi connectivity index (χ0) is 26.5. The third-order valence-corrected chi connectivity index (χ3v) is 7.83. The quantitative estimate of drug-likeness (QED) is 0.258. The number of amides is 3. The smallest absolute Gasteiger partial charge is 0.319 e. The van der Waals surface area contributed by atoms with Crippen LogP contribution in [0.15, 0.2) is 72.2 Å². The molecular formula is C30H33N5O2S. The Labute approximate surface area is 227 Å². The summed E-state index contributed by atoms with van der Waals surface area (Å²) in [6, 6.07) is 20.4. The van der Waals surface area contributed by atoms with Crippen LogP contribution in [-0.2, 0) is 6.54 Å². The molecule has 2 aromatic carbocycles. The first kappa shape index (κ1) is 25.7. The molecule has 38 heavy (non-hydrogen) atoms. The normalized spacial score (nSPS) is 14.0. The molecule has 1 saturated heterocycles. The number of piperidine rings is 1. The molecule has 0 saturated carbocycles. The van der Waals surface area contributed by atoms with Crippen LogP contribution in [0.5, 0.6) is 0 Å². The molecule has 0 bridgehead atoms. The summed E-state index contributed by atoms with van der Waals surface area (Å²) < 4.78 is 0.853. The van der Waals surface area contributed by atoms with Crippen LogP contribution in [0.1, 0.15) is 54.1 Å². The molecule has 3 heterocycles. The van der Waals surface area contributed by atoms with Crippen molar-refractivity contribution in [2.24, 2.45) is 0 Å². The summed E-state index contributed by atoms with van der Waals surface area (Å²) in [5.41, 5.74) is 5.08. The molecule has 5 rings (SSSR count). The van der Waals surface area contributed by atoms with Crippen molar-refractivity contribution in [3.8, 4) is 0 Å². The van der Waals surface area contributed by atoms with Gasteiger partial charge in [-0.2, -0.15) is 0 Å². The third kappa shape index (κ3) is 5.81. The van der Waals surface area contributed by atoms with Gasteiger partial charge in [0.05, 0.1) is 21.6 Å². The summed E-state index contributed by atoms with van der Waals surface area (Å²) in [4.78, 5) is 32.7. The highest BCUT2D eigenvalue weighted by molar-refractivity contribution is 7.18. The van der Waals surface area contributed by atoms with Crippen molar-refractivity contribution in [3.63, 3.8) is 0 Å². The number of pyridine rings is 1. The maximum Gasteiger partial charge on any atom is 0.319 e. The number of fused-ring (bicyclic) bond motifs is 1. The summed E-state index contributed by atoms with van der Waals surface area (Å²) in [7, 11) is 0. The van der Waals surface area contributed by atoms with Gasteiger partial charge >= 0.3 is 6.03 Å². The number of carbonyl (C=O) groups excluding carboxylic acids is 2. The zero-order valence-corrected chi connectivity index (χ0v) is 22.6. The number of thiophene rings is 1. The minimum absolute atomic E-state index is 0.0121. The highest BCUT2D eigenvalue weighted by atomic mass is 32.1. The summed E-state index contributed by atoms with van der Waals surface area (Å²) in [5, 5.41) is 11.2. The van der Waals surface area contributed by atoms with Crippen LogP contribution in [0.4, 0.5) is 16.2 Å².